The molecule has 58 valence electrons. The van der Waals surface area contributed by atoms with Crippen molar-refractivity contribution in [2.45, 2.75) is 0 Å². The summed E-state index contributed by atoms with van der Waals surface area (Å²) in [6, 6.07) is 1.38. The van der Waals surface area contributed by atoms with Crippen LogP contribution in [0.1, 0.15) is 0 Å². The maximum atomic E-state index is 10.2. The third kappa shape index (κ3) is 1.76. The molecule has 1 aromatic heterocycles. The molecule has 6 heteroatoms. The molecule has 2 N–H and O–H groups in total. The van der Waals surface area contributed by atoms with Crippen molar-refractivity contribution < 1.29 is 4.92 Å². The highest BCUT2D eigenvalue weighted by Crippen LogP contribution is 2.17. The minimum atomic E-state index is -0.505. The van der Waals surface area contributed by atoms with E-state index in [0.717, 1.165) is 6.20 Å². The summed E-state index contributed by atoms with van der Waals surface area (Å²) in [6.07, 6.45) is 1.14. The lowest BCUT2D eigenvalue weighted by Gasteiger charge is -1.94. The Morgan fingerprint density at radius 2 is 2.36 bits per heavy atom. The van der Waals surface area contributed by atoms with E-state index in [9.17, 15) is 10.1 Å². The van der Waals surface area contributed by atoms with Crippen molar-refractivity contribution in [2.75, 3.05) is 5.73 Å². The number of halogens is 1. The van der Waals surface area contributed by atoms with Gasteiger partial charge in [0.15, 0.2) is 0 Å². The molecule has 0 spiro atoms. The summed E-state index contributed by atoms with van der Waals surface area (Å²) in [6.45, 7) is 0. The van der Waals surface area contributed by atoms with Gasteiger partial charge in [0.2, 0.25) is 0 Å². The van der Waals surface area contributed by atoms with Gasteiger partial charge in [0.1, 0.15) is 12.0 Å². The van der Waals surface area contributed by atoms with Crippen molar-refractivity contribution in [3.63, 3.8) is 0 Å². The summed E-state index contributed by atoms with van der Waals surface area (Å²) in [5, 5.41) is 10.2. The molecule has 0 amide bonds. The molecule has 0 saturated heterocycles. The highest BCUT2D eigenvalue weighted by atomic mass is 127. The molecular weight excluding hydrogens is 261 g/mol. The first-order valence-electron chi connectivity index (χ1n) is 2.66. The maximum absolute atomic E-state index is 10.2. The summed E-state index contributed by atoms with van der Waals surface area (Å²) >= 11 is 1.89. The van der Waals surface area contributed by atoms with Crippen molar-refractivity contribution in [1.29, 1.82) is 0 Å². The molecule has 0 aliphatic carbocycles. The Labute approximate surface area is 75.9 Å². The third-order valence-corrected chi connectivity index (χ3v) is 1.93. The molecular formula is C5H4IN3O2. The number of aromatic nitrogens is 1. The Hall–Kier alpha value is -0.920. The Kier molecular flexibility index (Phi) is 2.22. The van der Waals surface area contributed by atoms with Gasteiger partial charge in [-0.2, -0.15) is 0 Å². The van der Waals surface area contributed by atoms with Crippen LogP contribution < -0.4 is 5.73 Å². The van der Waals surface area contributed by atoms with Crippen LogP contribution in [-0.4, -0.2) is 9.91 Å². The standard InChI is InChI=1S/C5H4IN3O2/c6-4-1-3(9(10)11)2-8-5(4)7/h1-2H,(H2,7,8). The van der Waals surface area contributed by atoms with E-state index in [0.29, 0.717) is 9.39 Å². The molecule has 0 bridgehead atoms. The summed E-state index contributed by atoms with van der Waals surface area (Å²) in [5.41, 5.74) is 5.31. The summed E-state index contributed by atoms with van der Waals surface area (Å²) < 4.78 is 0.594. The van der Waals surface area contributed by atoms with Crippen molar-refractivity contribution in [2.24, 2.45) is 0 Å². The van der Waals surface area contributed by atoms with Crippen LogP contribution in [0.5, 0.6) is 0 Å². The van der Waals surface area contributed by atoms with Gasteiger partial charge in [-0.1, -0.05) is 0 Å². The highest BCUT2D eigenvalue weighted by Gasteiger charge is 2.07. The number of nitrogen functional groups attached to an aromatic ring is 1. The van der Waals surface area contributed by atoms with Crippen LogP contribution in [-0.2, 0) is 0 Å². The van der Waals surface area contributed by atoms with E-state index in [1.165, 1.54) is 6.07 Å². The van der Waals surface area contributed by atoms with Gasteiger partial charge in [0.05, 0.1) is 8.49 Å². The van der Waals surface area contributed by atoms with E-state index >= 15 is 0 Å². The van der Waals surface area contributed by atoms with Gasteiger partial charge in [-0.25, -0.2) is 4.98 Å². The fourth-order valence-electron chi connectivity index (χ4n) is 0.538. The molecule has 0 saturated carbocycles. The number of nitro groups is 1. The van der Waals surface area contributed by atoms with E-state index in [-0.39, 0.29) is 5.69 Å². The van der Waals surface area contributed by atoms with Gasteiger partial charge in [-0.3, -0.25) is 10.1 Å². The van der Waals surface area contributed by atoms with Crippen molar-refractivity contribution in [3.8, 4) is 0 Å². The lowest BCUT2D eigenvalue weighted by molar-refractivity contribution is -0.385. The summed E-state index contributed by atoms with van der Waals surface area (Å²) in [7, 11) is 0. The van der Waals surface area contributed by atoms with E-state index in [1.807, 2.05) is 22.6 Å². The van der Waals surface area contributed by atoms with E-state index in [1.54, 1.807) is 0 Å². The van der Waals surface area contributed by atoms with Gasteiger partial charge >= 0.3 is 0 Å². The number of nitrogens with zero attached hydrogens (tertiary/aromatic N) is 2. The zero-order valence-electron chi connectivity index (χ0n) is 5.32. The average molecular weight is 265 g/mol. The molecule has 1 rings (SSSR count). The van der Waals surface area contributed by atoms with Crippen LogP contribution in [0.3, 0.4) is 0 Å². The first-order chi connectivity index (χ1) is 5.11. The minimum absolute atomic E-state index is 0.0383. The Balaban J connectivity index is 3.15. The lowest BCUT2D eigenvalue weighted by atomic mass is 10.4. The normalized spacial score (nSPS) is 9.55. The lowest BCUT2D eigenvalue weighted by Crippen LogP contribution is -1.96. The Bertz CT molecular complexity index is 302. The molecule has 1 heterocycles. The first-order valence-corrected chi connectivity index (χ1v) is 3.74. The third-order valence-electron chi connectivity index (χ3n) is 1.07. The second kappa shape index (κ2) is 2.99. The molecule has 0 radical (unpaired) electrons. The molecule has 0 aliphatic rings. The fraction of sp³-hybridized carbons (Fsp3) is 0. The quantitative estimate of drug-likeness (QED) is 0.469. The van der Waals surface area contributed by atoms with Crippen LogP contribution in [0, 0.1) is 13.7 Å². The average Bonchev–Trinajstić information content (AvgIpc) is 1.94. The Morgan fingerprint density at radius 3 is 2.82 bits per heavy atom. The van der Waals surface area contributed by atoms with Gasteiger partial charge < -0.3 is 5.73 Å². The predicted molar refractivity (Wildman–Crippen MR) is 48.0 cm³/mol. The molecule has 0 aliphatic heterocycles. The fourth-order valence-corrected chi connectivity index (χ4v) is 0.997. The van der Waals surface area contributed by atoms with Crippen LogP contribution in [0.15, 0.2) is 12.3 Å². The van der Waals surface area contributed by atoms with Gasteiger partial charge in [0, 0.05) is 6.07 Å². The van der Waals surface area contributed by atoms with Crippen molar-refractivity contribution in [1.82, 2.24) is 4.98 Å². The molecule has 0 fully saturated rings. The van der Waals surface area contributed by atoms with Gasteiger partial charge in [-0.15, -0.1) is 0 Å². The number of hydrogen-bond acceptors (Lipinski definition) is 4. The molecule has 1 aromatic rings. The van der Waals surface area contributed by atoms with Gasteiger partial charge in [-0.05, 0) is 22.6 Å². The molecule has 0 aromatic carbocycles. The highest BCUT2D eigenvalue weighted by molar-refractivity contribution is 14.1. The zero-order chi connectivity index (χ0) is 8.43. The number of rotatable bonds is 1. The largest absolute Gasteiger partial charge is 0.383 e. The smallest absolute Gasteiger partial charge is 0.288 e. The minimum Gasteiger partial charge on any atom is -0.383 e. The molecule has 11 heavy (non-hydrogen) atoms. The SMILES string of the molecule is Nc1ncc([N+](=O)[O-])cc1I. The second-order valence-electron chi connectivity index (χ2n) is 1.82. The molecule has 0 unspecified atom stereocenters. The van der Waals surface area contributed by atoms with Crippen LogP contribution in [0.2, 0.25) is 0 Å². The van der Waals surface area contributed by atoms with Gasteiger partial charge in [0.25, 0.3) is 5.69 Å². The van der Waals surface area contributed by atoms with E-state index < -0.39 is 4.92 Å². The number of pyridine rings is 1. The summed E-state index contributed by atoms with van der Waals surface area (Å²) in [5.74, 6) is 0.316. The van der Waals surface area contributed by atoms with Crippen molar-refractivity contribution in [3.05, 3.63) is 25.9 Å². The number of anilines is 1. The second-order valence-corrected chi connectivity index (χ2v) is 2.98. The summed E-state index contributed by atoms with van der Waals surface area (Å²) in [4.78, 5) is 13.3. The zero-order valence-corrected chi connectivity index (χ0v) is 7.48. The van der Waals surface area contributed by atoms with Crippen LogP contribution >= 0.6 is 22.6 Å². The van der Waals surface area contributed by atoms with Crippen molar-refractivity contribution >= 4 is 34.1 Å². The monoisotopic (exact) mass is 265 g/mol. The molecule has 0 atom stereocenters. The number of nitrogens with two attached hydrogens (primary N) is 1. The van der Waals surface area contributed by atoms with E-state index in [4.69, 9.17) is 5.73 Å². The maximum Gasteiger partial charge on any atom is 0.288 e. The van der Waals surface area contributed by atoms with Crippen LogP contribution in [0.25, 0.3) is 0 Å². The first kappa shape index (κ1) is 8.18. The topological polar surface area (TPSA) is 82.0 Å². The predicted octanol–water partition coefficient (Wildman–Crippen LogP) is 1.18. The van der Waals surface area contributed by atoms with E-state index in [2.05, 4.69) is 4.98 Å². The van der Waals surface area contributed by atoms with Crippen LogP contribution in [0.4, 0.5) is 11.5 Å². The Morgan fingerprint density at radius 1 is 1.73 bits per heavy atom. The molecule has 5 nitrogen and oxygen atoms in total. The number of hydrogen-bond donors (Lipinski definition) is 1.